The van der Waals surface area contributed by atoms with E-state index in [4.69, 9.17) is 4.74 Å². The van der Waals surface area contributed by atoms with E-state index in [-0.39, 0.29) is 0 Å². The molecule has 1 saturated heterocycles. The molecule has 0 radical (unpaired) electrons. The van der Waals surface area contributed by atoms with Crippen LogP contribution in [-0.4, -0.2) is 30.1 Å². The summed E-state index contributed by atoms with van der Waals surface area (Å²) in [5, 5.41) is 9.20. The molecule has 0 amide bonds. The fourth-order valence-corrected chi connectivity index (χ4v) is 3.61. The summed E-state index contributed by atoms with van der Waals surface area (Å²) in [6.07, 6.45) is 6.38. The molecule has 3 rings (SSSR count). The number of rotatable bonds is 6. The summed E-state index contributed by atoms with van der Waals surface area (Å²) in [7, 11) is 1.68. The number of ether oxygens (including phenoxy) is 1. The summed E-state index contributed by atoms with van der Waals surface area (Å²) in [6.45, 7) is 3.13. The highest BCUT2D eigenvalue weighted by atomic mass is 16.5. The maximum absolute atomic E-state index is 9.20. The number of methoxy groups -OCH3 is 1. The van der Waals surface area contributed by atoms with Crippen molar-refractivity contribution in [1.82, 2.24) is 9.88 Å². The van der Waals surface area contributed by atoms with Gasteiger partial charge in [0.1, 0.15) is 0 Å². The fourth-order valence-electron chi connectivity index (χ4n) is 3.61. The number of pyridine rings is 1. The second-order valence-corrected chi connectivity index (χ2v) is 6.70. The molecule has 2 heterocycles. The minimum Gasteiger partial charge on any atom is -0.481 e. The highest BCUT2D eigenvalue weighted by Crippen LogP contribution is 2.25. The van der Waals surface area contributed by atoms with Gasteiger partial charge in [-0.1, -0.05) is 24.3 Å². The predicted molar refractivity (Wildman–Crippen MR) is 98.3 cm³/mol. The Morgan fingerprint density at radius 2 is 1.92 bits per heavy atom. The average molecular weight is 335 g/mol. The van der Waals surface area contributed by atoms with Gasteiger partial charge in [-0.05, 0) is 62.4 Å². The largest absolute Gasteiger partial charge is 0.481 e. The van der Waals surface area contributed by atoms with Gasteiger partial charge in [0.05, 0.1) is 18.7 Å². The first-order valence-electron chi connectivity index (χ1n) is 8.98. The van der Waals surface area contributed by atoms with Gasteiger partial charge >= 0.3 is 0 Å². The zero-order valence-corrected chi connectivity index (χ0v) is 14.8. The van der Waals surface area contributed by atoms with Gasteiger partial charge < -0.3 is 4.74 Å². The Bertz CT molecular complexity index is 730. The standard InChI is InChI=1S/C21H25N3O/c1-25-21-20(7-4-12-23-21)16-24-13-10-17(11-14-24)8-9-18-5-2-3-6-19(18)15-22/h2-7,12,17H,8-11,13-14,16H2,1H3. The van der Waals surface area contributed by atoms with Crippen molar-refractivity contribution in [2.24, 2.45) is 5.92 Å². The Labute approximate surface area is 150 Å². The molecule has 1 aromatic carbocycles. The van der Waals surface area contributed by atoms with Gasteiger partial charge in [0, 0.05) is 18.3 Å². The molecule has 0 saturated carbocycles. The maximum atomic E-state index is 9.20. The summed E-state index contributed by atoms with van der Waals surface area (Å²) in [4.78, 5) is 6.77. The molecule has 0 aliphatic carbocycles. The van der Waals surface area contributed by atoms with Crippen molar-refractivity contribution in [3.63, 3.8) is 0 Å². The number of likely N-dealkylation sites (tertiary alicyclic amines) is 1. The molecule has 4 nitrogen and oxygen atoms in total. The van der Waals surface area contributed by atoms with E-state index in [0.29, 0.717) is 0 Å². The molecule has 25 heavy (non-hydrogen) atoms. The zero-order chi connectivity index (χ0) is 17.5. The zero-order valence-electron chi connectivity index (χ0n) is 14.8. The first-order chi connectivity index (χ1) is 12.3. The molecule has 1 aliphatic heterocycles. The lowest BCUT2D eigenvalue weighted by Gasteiger charge is -2.32. The Morgan fingerprint density at radius 1 is 1.16 bits per heavy atom. The van der Waals surface area contributed by atoms with Crippen LogP contribution in [0.4, 0.5) is 0 Å². The quantitative estimate of drug-likeness (QED) is 0.805. The average Bonchev–Trinajstić information content (AvgIpc) is 2.68. The molecule has 1 aliphatic rings. The fraction of sp³-hybridized carbons (Fsp3) is 0.429. The number of piperidine rings is 1. The van der Waals surface area contributed by atoms with E-state index in [2.05, 4.69) is 28.1 Å². The molecule has 0 atom stereocenters. The molecule has 2 aromatic rings. The van der Waals surface area contributed by atoms with Crippen molar-refractivity contribution in [3.8, 4) is 11.9 Å². The summed E-state index contributed by atoms with van der Waals surface area (Å²) in [5.41, 5.74) is 3.17. The molecule has 0 spiro atoms. The van der Waals surface area contributed by atoms with Gasteiger partial charge in [-0.25, -0.2) is 4.98 Å². The van der Waals surface area contributed by atoms with Crippen molar-refractivity contribution in [2.75, 3.05) is 20.2 Å². The summed E-state index contributed by atoms with van der Waals surface area (Å²) in [6, 6.07) is 14.3. The molecule has 0 N–H and O–H groups in total. The van der Waals surface area contributed by atoms with E-state index in [1.54, 1.807) is 13.3 Å². The van der Waals surface area contributed by atoms with Crippen LogP contribution in [0.15, 0.2) is 42.6 Å². The third kappa shape index (κ3) is 4.58. The lowest BCUT2D eigenvalue weighted by atomic mass is 9.89. The number of nitriles is 1. The summed E-state index contributed by atoms with van der Waals surface area (Å²) < 4.78 is 5.35. The molecular formula is C21H25N3O. The van der Waals surface area contributed by atoms with Crippen LogP contribution < -0.4 is 4.74 Å². The van der Waals surface area contributed by atoms with Crippen LogP contribution >= 0.6 is 0 Å². The van der Waals surface area contributed by atoms with E-state index >= 15 is 0 Å². The Morgan fingerprint density at radius 3 is 2.68 bits per heavy atom. The lowest BCUT2D eigenvalue weighted by Crippen LogP contribution is -2.33. The second-order valence-electron chi connectivity index (χ2n) is 6.70. The molecule has 1 fully saturated rings. The molecule has 0 bridgehead atoms. The minimum atomic E-state index is 0.734. The predicted octanol–water partition coefficient (Wildman–Crippen LogP) is 3.81. The summed E-state index contributed by atoms with van der Waals surface area (Å²) in [5.74, 6) is 1.48. The maximum Gasteiger partial charge on any atom is 0.217 e. The Kier molecular flexibility index (Phi) is 6.03. The van der Waals surface area contributed by atoms with Crippen molar-refractivity contribution < 1.29 is 4.74 Å². The van der Waals surface area contributed by atoms with Crippen LogP contribution in [0.5, 0.6) is 5.88 Å². The number of nitrogens with zero attached hydrogens (tertiary/aromatic N) is 3. The minimum absolute atomic E-state index is 0.734. The van der Waals surface area contributed by atoms with Crippen molar-refractivity contribution in [1.29, 1.82) is 5.26 Å². The van der Waals surface area contributed by atoms with Gasteiger partial charge in [0.2, 0.25) is 5.88 Å². The first kappa shape index (κ1) is 17.4. The van der Waals surface area contributed by atoms with E-state index in [1.807, 2.05) is 24.3 Å². The van der Waals surface area contributed by atoms with Gasteiger partial charge in [-0.3, -0.25) is 4.90 Å². The molecule has 130 valence electrons. The molecule has 1 aromatic heterocycles. The normalized spacial score (nSPS) is 15.7. The number of hydrogen-bond donors (Lipinski definition) is 0. The Balaban J connectivity index is 1.48. The third-order valence-electron chi connectivity index (χ3n) is 5.10. The highest BCUT2D eigenvalue weighted by molar-refractivity contribution is 5.37. The number of hydrogen-bond acceptors (Lipinski definition) is 4. The van der Waals surface area contributed by atoms with E-state index in [9.17, 15) is 5.26 Å². The van der Waals surface area contributed by atoms with E-state index < -0.39 is 0 Å². The van der Waals surface area contributed by atoms with Crippen molar-refractivity contribution in [2.45, 2.75) is 32.2 Å². The summed E-state index contributed by atoms with van der Waals surface area (Å²) >= 11 is 0. The smallest absolute Gasteiger partial charge is 0.217 e. The molecule has 4 heteroatoms. The van der Waals surface area contributed by atoms with Crippen LogP contribution in [0.3, 0.4) is 0 Å². The Hall–Kier alpha value is -2.38. The van der Waals surface area contributed by atoms with Gasteiger partial charge in [-0.2, -0.15) is 5.26 Å². The molecular weight excluding hydrogens is 310 g/mol. The van der Waals surface area contributed by atoms with E-state index in [0.717, 1.165) is 49.0 Å². The van der Waals surface area contributed by atoms with Gasteiger partial charge in [-0.15, -0.1) is 0 Å². The van der Waals surface area contributed by atoms with Crippen LogP contribution in [-0.2, 0) is 13.0 Å². The molecule has 0 unspecified atom stereocenters. The lowest BCUT2D eigenvalue weighted by molar-refractivity contribution is 0.170. The number of benzene rings is 1. The number of aryl methyl sites for hydroxylation is 1. The topological polar surface area (TPSA) is 49.1 Å². The van der Waals surface area contributed by atoms with Crippen LogP contribution in [0.25, 0.3) is 0 Å². The van der Waals surface area contributed by atoms with Crippen molar-refractivity contribution in [3.05, 3.63) is 59.3 Å². The second kappa shape index (κ2) is 8.64. The van der Waals surface area contributed by atoms with Gasteiger partial charge in [0.15, 0.2) is 0 Å². The highest BCUT2D eigenvalue weighted by Gasteiger charge is 2.20. The first-order valence-corrected chi connectivity index (χ1v) is 8.98. The van der Waals surface area contributed by atoms with Crippen LogP contribution in [0, 0.1) is 17.2 Å². The third-order valence-corrected chi connectivity index (χ3v) is 5.10. The van der Waals surface area contributed by atoms with Crippen LogP contribution in [0.2, 0.25) is 0 Å². The van der Waals surface area contributed by atoms with Crippen molar-refractivity contribution >= 4 is 0 Å². The van der Waals surface area contributed by atoms with E-state index in [1.165, 1.54) is 24.8 Å². The SMILES string of the molecule is COc1ncccc1CN1CCC(CCc2ccccc2C#N)CC1. The number of aromatic nitrogens is 1. The van der Waals surface area contributed by atoms with Gasteiger partial charge in [0.25, 0.3) is 0 Å². The van der Waals surface area contributed by atoms with Crippen LogP contribution in [0.1, 0.15) is 36.0 Å². The monoisotopic (exact) mass is 335 g/mol.